The summed E-state index contributed by atoms with van der Waals surface area (Å²) < 4.78 is 25.0. The van der Waals surface area contributed by atoms with Crippen LogP contribution < -0.4 is 10.5 Å². The van der Waals surface area contributed by atoms with Crippen LogP contribution >= 0.6 is 0 Å². The molecule has 0 amide bonds. The third-order valence-electron chi connectivity index (χ3n) is 2.52. The average Bonchev–Trinajstić information content (AvgIpc) is 2.15. The van der Waals surface area contributed by atoms with E-state index in [9.17, 15) is 8.42 Å². The van der Waals surface area contributed by atoms with Gasteiger partial charge in [0.05, 0.1) is 5.75 Å². The van der Waals surface area contributed by atoms with E-state index in [4.69, 9.17) is 5.73 Å². The molecule has 6 heteroatoms. The van der Waals surface area contributed by atoms with Crippen LogP contribution in [0.1, 0.15) is 20.3 Å². The molecule has 0 aromatic heterocycles. The van der Waals surface area contributed by atoms with Crippen molar-refractivity contribution < 1.29 is 8.42 Å². The summed E-state index contributed by atoms with van der Waals surface area (Å²) in [4.78, 5) is 2.13. The Balaban J connectivity index is 3.79. The summed E-state index contributed by atoms with van der Waals surface area (Å²) in [6.45, 7) is 5.56. The largest absolute Gasteiger partial charge is 0.329 e. The summed E-state index contributed by atoms with van der Waals surface area (Å²) in [7, 11) is -1.17. The molecule has 0 saturated carbocycles. The van der Waals surface area contributed by atoms with E-state index in [0.717, 1.165) is 13.0 Å². The van der Waals surface area contributed by atoms with Crippen LogP contribution in [0, 0.1) is 0 Å². The van der Waals surface area contributed by atoms with Crippen LogP contribution in [0.5, 0.6) is 0 Å². The highest BCUT2D eigenvalue weighted by Gasteiger charge is 2.10. The van der Waals surface area contributed by atoms with Crippen molar-refractivity contribution in [2.75, 3.05) is 32.4 Å². The fraction of sp³-hybridized carbons (Fsp3) is 1.00. The zero-order valence-electron chi connectivity index (χ0n) is 9.86. The molecular formula is C9H23N3O2S. The molecule has 0 heterocycles. The molecule has 1 unspecified atom stereocenters. The van der Waals surface area contributed by atoms with Gasteiger partial charge in [-0.25, -0.2) is 13.1 Å². The number of rotatable bonds is 8. The summed E-state index contributed by atoms with van der Waals surface area (Å²) in [5, 5.41) is 0. The quantitative estimate of drug-likeness (QED) is 0.602. The van der Waals surface area contributed by atoms with E-state index < -0.39 is 10.0 Å². The molecule has 0 bridgehead atoms. The number of nitrogens with one attached hydrogen (secondary N) is 1. The molecule has 0 aromatic carbocycles. The van der Waals surface area contributed by atoms with Gasteiger partial charge in [0.25, 0.3) is 0 Å². The number of likely N-dealkylation sites (N-methyl/N-ethyl adjacent to an activating group) is 1. The fourth-order valence-corrected chi connectivity index (χ4v) is 1.99. The van der Waals surface area contributed by atoms with E-state index in [2.05, 4.69) is 23.5 Å². The van der Waals surface area contributed by atoms with Crippen molar-refractivity contribution in [1.82, 2.24) is 9.62 Å². The minimum atomic E-state index is -3.16. The molecule has 1 atom stereocenters. The molecule has 0 aliphatic rings. The number of hydrogen-bond acceptors (Lipinski definition) is 4. The van der Waals surface area contributed by atoms with E-state index in [1.807, 2.05) is 7.05 Å². The maximum atomic E-state index is 11.2. The Morgan fingerprint density at radius 2 is 2.07 bits per heavy atom. The van der Waals surface area contributed by atoms with Gasteiger partial charge in [-0.3, -0.25) is 0 Å². The van der Waals surface area contributed by atoms with Gasteiger partial charge in [-0.1, -0.05) is 6.92 Å². The molecule has 0 aliphatic heterocycles. The van der Waals surface area contributed by atoms with Gasteiger partial charge in [-0.2, -0.15) is 0 Å². The van der Waals surface area contributed by atoms with E-state index in [-0.39, 0.29) is 12.3 Å². The summed E-state index contributed by atoms with van der Waals surface area (Å²) in [5.41, 5.74) is 5.19. The van der Waals surface area contributed by atoms with E-state index >= 15 is 0 Å². The van der Waals surface area contributed by atoms with Crippen molar-refractivity contribution >= 4 is 10.0 Å². The summed E-state index contributed by atoms with van der Waals surface area (Å²) in [6, 6.07) is 0.476. The molecule has 0 aliphatic carbocycles. The maximum absolute atomic E-state index is 11.2. The Morgan fingerprint density at radius 3 is 2.53 bits per heavy atom. The number of hydrogen-bond donors (Lipinski definition) is 2. The van der Waals surface area contributed by atoms with Gasteiger partial charge in [0.15, 0.2) is 0 Å². The lowest BCUT2D eigenvalue weighted by atomic mass is 10.2. The smallest absolute Gasteiger partial charge is 0.212 e. The lowest BCUT2D eigenvalue weighted by Gasteiger charge is -2.23. The Hall–Kier alpha value is -0.170. The van der Waals surface area contributed by atoms with Crippen LogP contribution in [0.15, 0.2) is 0 Å². The summed E-state index contributed by atoms with van der Waals surface area (Å²) in [5.74, 6) is 0.0000453. The lowest BCUT2D eigenvalue weighted by Crippen LogP contribution is -2.38. The Labute approximate surface area is 93.1 Å². The fourth-order valence-electron chi connectivity index (χ4n) is 1.14. The van der Waals surface area contributed by atoms with Crippen molar-refractivity contribution in [2.24, 2.45) is 5.73 Å². The molecular weight excluding hydrogens is 214 g/mol. The summed E-state index contributed by atoms with van der Waals surface area (Å²) in [6.07, 6.45) is 1.06. The molecule has 5 nitrogen and oxygen atoms in total. The SMILES string of the molecule is CCC(C)N(C)CCNS(=O)(=O)CCN. The maximum Gasteiger partial charge on any atom is 0.212 e. The second-order valence-electron chi connectivity index (χ2n) is 3.74. The van der Waals surface area contributed by atoms with Gasteiger partial charge in [0.2, 0.25) is 10.0 Å². The van der Waals surface area contributed by atoms with Crippen LogP contribution in [-0.4, -0.2) is 51.8 Å². The normalized spacial score (nSPS) is 14.5. The third-order valence-corrected chi connectivity index (χ3v) is 3.93. The zero-order valence-corrected chi connectivity index (χ0v) is 10.7. The first-order valence-corrected chi connectivity index (χ1v) is 6.95. The van der Waals surface area contributed by atoms with Gasteiger partial charge in [-0.15, -0.1) is 0 Å². The predicted octanol–water partition coefficient (Wildman–Crippen LogP) is -0.405. The van der Waals surface area contributed by atoms with Crippen LogP contribution in [0.25, 0.3) is 0 Å². The van der Waals surface area contributed by atoms with Gasteiger partial charge in [0.1, 0.15) is 0 Å². The second-order valence-corrected chi connectivity index (χ2v) is 5.67. The summed E-state index contributed by atoms with van der Waals surface area (Å²) >= 11 is 0. The van der Waals surface area contributed by atoms with Crippen LogP contribution in [0.3, 0.4) is 0 Å². The van der Waals surface area contributed by atoms with E-state index in [1.165, 1.54) is 0 Å². The third kappa shape index (κ3) is 6.83. The highest BCUT2D eigenvalue weighted by molar-refractivity contribution is 7.89. The molecule has 15 heavy (non-hydrogen) atoms. The highest BCUT2D eigenvalue weighted by atomic mass is 32.2. The van der Waals surface area contributed by atoms with Crippen molar-refractivity contribution in [3.8, 4) is 0 Å². The van der Waals surface area contributed by atoms with Gasteiger partial charge < -0.3 is 10.6 Å². The van der Waals surface area contributed by atoms with E-state index in [0.29, 0.717) is 12.6 Å². The van der Waals surface area contributed by atoms with Crippen LogP contribution in [0.2, 0.25) is 0 Å². The van der Waals surface area contributed by atoms with Gasteiger partial charge in [0, 0.05) is 25.7 Å². The topological polar surface area (TPSA) is 75.4 Å². The zero-order chi connectivity index (χ0) is 11.9. The van der Waals surface area contributed by atoms with Crippen molar-refractivity contribution in [3.05, 3.63) is 0 Å². The van der Waals surface area contributed by atoms with Crippen LogP contribution in [-0.2, 0) is 10.0 Å². The molecule has 3 N–H and O–H groups in total. The Kier molecular flexibility index (Phi) is 7.08. The standard InChI is InChI=1S/C9H23N3O2S/c1-4-9(2)12(3)7-6-11-15(13,14)8-5-10/h9,11H,4-8,10H2,1-3H3. The minimum Gasteiger partial charge on any atom is -0.329 e. The predicted molar refractivity (Wildman–Crippen MR) is 63.2 cm³/mol. The minimum absolute atomic E-state index is 0.0000453. The molecule has 0 aromatic rings. The lowest BCUT2D eigenvalue weighted by molar-refractivity contribution is 0.256. The molecule has 0 fully saturated rings. The number of sulfonamides is 1. The number of nitrogens with two attached hydrogens (primary N) is 1. The Morgan fingerprint density at radius 1 is 1.47 bits per heavy atom. The molecule has 0 spiro atoms. The van der Waals surface area contributed by atoms with Crippen molar-refractivity contribution in [3.63, 3.8) is 0 Å². The first-order chi connectivity index (χ1) is 6.93. The molecule has 0 saturated heterocycles. The first-order valence-electron chi connectivity index (χ1n) is 5.30. The van der Waals surface area contributed by atoms with E-state index in [1.54, 1.807) is 0 Å². The van der Waals surface area contributed by atoms with Crippen molar-refractivity contribution in [1.29, 1.82) is 0 Å². The first kappa shape index (κ1) is 14.8. The molecule has 0 rings (SSSR count). The molecule has 0 radical (unpaired) electrons. The second kappa shape index (κ2) is 7.16. The van der Waals surface area contributed by atoms with Crippen LogP contribution in [0.4, 0.5) is 0 Å². The number of nitrogens with zero attached hydrogens (tertiary/aromatic N) is 1. The monoisotopic (exact) mass is 237 g/mol. The van der Waals surface area contributed by atoms with Gasteiger partial charge in [-0.05, 0) is 20.4 Å². The van der Waals surface area contributed by atoms with Gasteiger partial charge >= 0.3 is 0 Å². The van der Waals surface area contributed by atoms with Crippen molar-refractivity contribution in [2.45, 2.75) is 26.3 Å². The Bertz CT molecular complexity index is 254. The molecule has 92 valence electrons. The highest BCUT2D eigenvalue weighted by Crippen LogP contribution is 1.98. The average molecular weight is 237 g/mol.